The lowest BCUT2D eigenvalue weighted by atomic mass is 9.99. The van der Waals surface area contributed by atoms with Gasteiger partial charge in [-0.25, -0.2) is 17.9 Å². The van der Waals surface area contributed by atoms with Crippen LogP contribution in [0.25, 0.3) is 0 Å². The van der Waals surface area contributed by atoms with Crippen molar-refractivity contribution in [1.82, 2.24) is 14.2 Å². The van der Waals surface area contributed by atoms with Gasteiger partial charge in [-0.2, -0.15) is 0 Å². The van der Waals surface area contributed by atoms with Crippen LogP contribution in [-0.4, -0.2) is 37.0 Å². The van der Waals surface area contributed by atoms with E-state index in [0.29, 0.717) is 6.54 Å². The number of likely N-dealkylation sites (tertiary alicyclic amines) is 1. The van der Waals surface area contributed by atoms with E-state index in [4.69, 9.17) is 0 Å². The molecule has 1 fully saturated rings. The molecule has 166 valence electrons. The number of aromatic nitrogens is 1. The minimum Gasteiger partial charge on any atom is -0.349 e. The summed E-state index contributed by atoms with van der Waals surface area (Å²) in [6.07, 6.45) is 8.90. The smallest absolute Gasteiger partial charge is 0.333 e. The van der Waals surface area contributed by atoms with Crippen molar-refractivity contribution < 1.29 is 13.2 Å². The molecule has 0 bridgehead atoms. The van der Waals surface area contributed by atoms with Gasteiger partial charge >= 0.3 is 6.03 Å². The summed E-state index contributed by atoms with van der Waals surface area (Å²) in [7, 11) is -3.95. The summed E-state index contributed by atoms with van der Waals surface area (Å²) in [6, 6.07) is 3.30. The Kier molecular flexibility index (Phi) is 5.30. The Bertz CT molecular complexity index is 1100. The lowest BCUT2D eigenvalue weighted by Gasteiger charge is -2.30. The molecule has 1 saturated heterocycles. The third-order valence-corrected chi connectivity index (χ3v) is 8.18. The minimum absolute atomic E-state index is 0.142. The van der Waals surface area contributed by atoms with Crippen molar-refractivity contribution in [2.45, 2.75) is 69.9 Å². The third kappa shape index (κ3) is 3.87. The fourth-order valence-electron chi connectivity index (χ4n) is 5.15. The van der Waals surface area contributed by atoms with E-state index in [1.54, 1.807) is 12.3 Å². The highest BCUT2D eigenvalue weighted by Crippen LogP contribution is 2.38. The first-order chi connectivity index (χ1) is 14.9. The highest BCUT2D eigenvalue weighted by Gasteiger charge is 2.27. The largest absolute Gasteiger partial charge is 0.349 e. The van der Waals surface area contributed by atoms with Gasteiger partial charge in [-0.15, -0.1) is 0 Å². The molecule has 2 amide bonds. The molecule has 3 aliphatic rings. The molecule has 0 unspecified atom stereocenters. The van der Waals surface area contributed by atoms with E-state index in [1.165, 1.54) is 28.7 Å². The summed E-state index contributed by atoms with van der Waals surface area (Å²) in [5, 5.41) is 2.91. The number of carbonyl (C=O) groups is 1. The van der Waals surface area contributed by atoms with E-state index < -0.39 is 16.1 Å². The molecule has 2 aromatic rings. The summed E-state index contributed by atoms with van der Waals surface area (Å²) in [5.41, 5.74) is 6.77. The van der Waals surface area contributed by atoms with Crippen molar-refractivity contribution in [1.29, 1.82) is 0 Å². The second-order valence-electron chi connectivity index (χ2n) is 8.88. The van der Waals surface area contributed by atoms with Gasteiger partial charge in [-0.05, 0) is 93.3 Å². The monoisotopic (exact) mass is 442 g/mol. The van der Waals surface area contributed by atoms with Crippen molar-refractivity contribution in [3.63, 3.8) is 0 Å². The van der Waals surface area contributed by atoms with Crippen LogP contribution in [0.3, 0.4) is 0 Å². The average molecular weight is 443 g/mol. The topological polar surface area (TPSA) is 83.4 Å². The molecular formula is C23H30N4O3S. The molecular weight excluding hydrogens is 412 g/mol. The van der Waals surface area contributed by atoms with Crippen molar-refractivity contribution in [2.24, 2.45) is 0 Å². The van der Waals surface area contributed by atoms with Gasteiger partial charge in [0.1, 0.15) is 4.90 Å². The quantitative estimate of drug-likeness (QED) is 0.720. The summed E-state index contributed by atoms with van der Waals surface area (Å²) < 4.78 is 30.1. The predicted octanol–water partition coefficient (Wildman–Crippen LogP) is 3.20. The maximum atomic E-state index is 13.0. The van der Waals surface area contributed by atoms with Gasteiger partial charge in [0.05, 0.1) is 0 Å². The van der Waals surface area contributed by atoms with Crippen LogP contribution in [0.2, 0.25) is 0 Å². The van der Waals surface area contributed by atoms with E-state index in [-0.39, 0.29) is 4.90 Å². The second kappa shape index (κ2) is 7.98. The molecule has 7 nitrogen and oxygen atoms in total. The Morgan fingerprint density at radius 1 is 1.00 bits per heavy atom. The Balaban J connectivity index is 1.35. The first-order valence-corrected chi connectivity index (χ1v) is 12.8. The average Bonchev–Trinajstić information content (AvgIpc) is 3.42. The fourth-order valence-corrected chi connectivity index (χ4v) is 6.12. The number of hydrogen-bond acceptors (Lipinski definition) is 4. The highest BCUT2D eigenvalue weighted by atomic mass is 32.2. The third-order valence-electron chi connectivity index (χ3n) is 6.88. The van der Waals surface area contributed by atoms with Crippen molar-refractivity contribution in [2.75, 3.05) is 18.4 Å². The first-order valence-electron chi connectivity index (χ1n) is 11.4. The normalized spacial score (nSPS) is 17.8. The standard InChI is InChI=1S/C23H30N4O3S/c1-2-27-15-19(13-18(27)14-26-10-5-11-26)31(29,30)25-23(28)24-22-20-8-3-6-16(20)12-17-7-4-9-21(17)22/h12-13,15H,2-11,14H2,1H3,(H2,24,25,28). The maximum Gasteiger partial charge on any atom is 0.333 e. The molecule has 2 N–H and O–H groups in total. The van der Waals surface area contributed by atoms with E-state index >= 15 is 0 Å². The van der Waals surface area contributed by atoms with Crippen LogP contribution >= 0.6 is 0 Å². The molecule has 0 saturated carbocycles. The molecule has 2 heterocycles. The van der Waals surface area contributed by atoms with Crippen LogP contribution in [0, 0.1) is 0 Å². The van der Waals surface area contributed by atoms with E-state index in [9.17, 15) is 13.2 Å². The van der Waals surface area contributed by atoms with Crippen LogP contribution in [-0.2, 0) is 48.8 Å². The van der Waals surface area contributed by atoms with Gasteiger partial charge in [-0.1, -0.05) is 6.07 Å². The number of rotatable bonds is 6. The number of fused-ring (bicyclic) bond motifs is 2. The van der Waals surface area contributed by atoms with Crippen LogP contribution in [0.5, 0.6) is 0 Å². The number of urea groups is 1. The molecule has 0 spiro atoms. The number of carbonyl (C=O) groups excluding carboxylic acids is 1. The molecule has 1 aromatic carbocycles. The van der Waals surface area contributed by atoms with Crippen LogP contribution in [0.4, 0.5) is 10.5 Å². The van der Waals surface area contributed by atoms with Crippen LogP contribution in [0.1, 0.15) is 54.1 Å². The Hall–Kier alpha value is -2.32. The molecule has 8 heteroatoms. The minimum atomic E-state index is -3.95. The van der Waals surface area contributed by atoms with Gasteiger partial charge in [0, 0.05) is 30.7 Å². The summed E-state index contributed by atoms with van der Waals surface area (Å²) in [6.45, 7) is 5.50. The Morgan fingerprint density at radius 3 is 2.26 bits per heavy atom. The lowest BCUT2D eigenvalue weighted by molar-refractivity contribution is 0.168. The van der Waals surface area contributed by atoms with Crippen molar-refractivity contribution >= 4 is 21.7 Å². The number of aryl methyl sites for hydroxylation is 3. The molecule has 1 aromatic heterocycles. The van der Waals surface area contributed by atoms with E-state index in [0.717, 1.165) is 69.5 Å². The summed E-state index contributed by atoms with van der Waals surface area (Å²) in [4.78, 5) is 15.2. The van der Waals surface area contributed by atoms with E-state index in [2.05, 4.69) is 21.0 Å². The number of nitrogens with zero attached hydrogens (tertiary/aromatic N) is 2. The van der Waals surface area contributed by atoms with Gasteiger partial charge in [0.2, 0.25) is 0 Å². The highest BCUT2D eigenvalue weighted by molar-refractivity contribution is 7.90. The molecule has 31 heavy (non-hydrogen) atoms. The second-order valence-corrected chi connectivity index (χ2v) is 10.6. The van der Waals surface area contributed by atoms with Gasteiger partial charge in [0.25, 0.3) is 10.0 Å². The number of anilines is 1. The summed E-state index contributed by atoms with van der Waals surface area (Å²) in [5.74, 6) is 0. The fraction of sp³-hybridized carbons (Fsp3) is 0.522. The SMILES string of the molecule is CCn1cc(S(=O)(=O)NC(=O)Nc2c3c(cc4c2CCC4)CCC3)cc1CN1CCC1. The van der Waals surface area contributed by atoms with Crippen LogP contribution in [0.15, 0.2) is 23.2 Å². The zero-order chi connectivity index (χ0) is 21.6. The van der Waals surface area contributed by atoms with Gasteiger partial charge in [-0.3, -0.25) is 4.90 Å². The molecule has 0 radical (unpaired) electrons. The molecule has 0 atom stereocenters. The van der Waals surface area contributed by atoms with Gasteiger partial charge in [0.15, 0.2) is 0 Å². The zero-order valence-corrected chi connectivity index (χ0v) is 18.9. The lowest BCUT2D eigenvalue weighted by Crippen LogP contribution is -2.36. The van der Waals surface area contributed by atoms with Gasteiger partial charge < -0.3 is 9.88 Å². The van der Waals surface area contributed by atoms with E-state index in [1.807, 2.05) is 11.5 Å². The first kappa shape index (κ1) is 20.6. The van der Waals surface area contributed by atoms with Crippen molar-refractivity contribution in [3.8, 4) is 0 Å². The number of sulfonamides is 1. The molecule has 1 aliphatic heterocycles. The Morgan fingerprint density at radius 2 is 1.68 bits per heavy atom. The van der Waals surface area contributed by atoms with Crippen molar-refractivity contribution in [3.05, 3.63) is 46.3 Å². The number of amides is 2. The van der Waals surface area contributed by atoms with Crippen LogP contribution < -0.4 is 10.0 Å². The molecule has 2 aliphatic carbocycles. The maximum absolute atomic E-state index is 13.0. The zero-order valence-electron chi connectivity index (χ0n) is 18.0. The number of nitrogens with one attached hydrogen (secondary N) is 2. The number of benzene rings is 1. The Labute approximate surface area is 183 Å². The predicted molar refractivity (Wildman–Crippen MR) is 120 cm³/mol. The number of hydrogen-bond donors (Lipinski definition) is 2. The summed E-state index contributed by atoms with van der Waals surface area (Å²) >= 11 is 0. The molecule has 5 rings (SSSR count).